The minimum absolute atomic E-state index is 0.0605. The molecule has 0 aromatic carbocycles. The first kappa shape index (κ1) is 13.6. The van der Waals surface area contributed by atoms with Crippen LogP contribution in [0.1, 0.15) is 16.1 Å². The molecule has 0 saturated heterocycles. The van der Waals surface area contributed by atoms with Gasteiger partial charge in [0, 0.05) is 0 Å². The summed E-state index contributed by atoms with van der Waals surface area (Å²) in [6.45, 7) is 1.62. The van der Waals surface area contributed by atoms with Crippen LogP contribution in [0.15, 0.2) is 6.07 Å². The van der Waals surface area contributed by atoms with E-state index in [9.17, 15) is 4.79 Å². The van der Waals surface area contributed by atoms with E-state index in [4.69, 9.17) is 20.9 Å². The van der Waals surface area contributed by atoms with Gasteiger partial charge in [0.25, 0.3) is 11.9 Å². The van der Waals surface area contributed by atoms with Gasteiger partial charge in [-0.1, -0.05) is 0 Å². The Bertz CT molecular complexity index is 644. The smallest absolute Gasteiger partial charge is 0.259 e. The average Bonchev–Trinajstić information content (AvgIpc) is 2.73. The van der Waals surface area contributed by atoms with Crippen molar-refractivity contribution in [3.05, 3.63) is 17.3 Å². The number of carbonyl (C=O) groups excluding carboxylic acids is 1. The SMILES string of the molecule is COc1cc(OC)nc(-n2nc(C)c(C(N)=O)c2N)n1. The van der Waals surface area contributed by atoms with Gasteiger partial charge in [-0.25, -0.2) is 0 Å². The van der Waals surface area contributed by atoms with E-state index >= 15 is 0 Å². The van der Waals surface area contributed by atoms with E-state index < -0.39 is 5.91 Å². The van der Waals surface area contributed by atoms with Crippen LogP contribution in [-0.4, -0.2) is 39.9 Å². The summed E-state index contributed by atoms with van der Waals surface area (Å²) in [7, 11) is 2.91. The van der Waals surface area contributed by atoms with Crippen LogP contribution in [-0.2, 0) is 0 Å². The second kappa shape index (κ2) is 5.03. The summed E-state index contributed by atoms with van der Waals surface area (Å²) in [5.74, 6) is 0.0702. The summed E-state index contributed by atoms with van der Waals surface area (Å²) in [5.41, 5.74) is 11.6. The minimum Gasteiger partial charge on any atom is -0.481 e. The van der Waals surface area contributed by atoms with Crippen LogP contribution in [0.2, 0.25) is 0 Å². The number of nitrogens with zero attached hydrogens (tertiary/aromatic N) is 4. The number of anilines is 1. The fraction of sp³-hybridized carbons (Fsp3) is 0.273. The molecular formula is C11H14N6O3. The van der Waals surface area contributed by atoms with Crippen molar-refractivity contribution in [1.82, 2.24) is 19.7 Å². The van der Waals surface area contributed by atoms with E-state index in [0.717, 1.165) is 0 Å². The quantitative estimate of drug-likeness (QED) is 0.782. The number of primary amides is 1. The second-order valence-electron chi connectivity index (χ2n) is 3.87. The topological polar surface area (TPSA) is 131 Å². The standard InChI is InChI=1S/C11H14N6O3/c1-5-8(10(13)18)9(12)17(16-5)11-14-6(19-2)4-7(15-11)20-3/h4H,12H2,1-3H3,(H2,13,18). The molecule has 0 spiro atoms. The maximum Gasteiger partial charge on any atom is 0.259 e. The summed E-state index contributed by atoms with van der Waals surface area (Å²) in [6.07, 6.45) is 0. The Morgan fingerprint density at radius 1 is 1.25 bits per heavy atom. The Balaban J connectivity index is 2.62. The predicted molar refractivity (Wildman–Crippen MR) is 69.9 cm³/mol. The number of rotatable bonds is 4. The molecule has 0 aliphatic heterocycles. The zero-order chi connectivity index (χ0) is 14.9. The fourth-order valence-electron chi connectivity index (χ4n) is 1.70. The van der Waals surface area contributed by atoms with Gasteiger partial charge >= 0.3 is 0 Å². The van der Waals surface area contributed by atoms with Gasteiger partial charge < -0.3 is 20.9 Å². The zero-order valence-corrected chi connectivity index (χ0v) is 11.2. The highest BCUT2D eigenvalue weighted by Gasteiger charge is 2.20. The maximum absolute atomic E-state index is 11.3. The number of hydrogen-bond donors (Lipinski definition) is 2. The highest BCUT2D eigenvalue weighted by atomic mass is 16.5. The maximum atomic E-state index is 11.3. The predicted octanol–water partition coefficient (Wildman–Crippen LogP) is -0.331. The second-order valence-corrected chi connectivity index (χ2v) is 3.87. The van der Waals surface area contributed by atoms with Gasteiger partial charge in [0.15, 0.2) is 0 Å². The molecule has 2 aromatic rings. The Kier molecular flexibility index (Phi) is 3.42. The Morgan fingerprint density at radius 2 is 1.80 bits per heavy atom. The molecule has 2 aromatic heterocycles. The average molecular weight is 278 g/mol. The normalized spacial score (nSPS) is 10.3. The summed E-state index contributed by atoms with van der Waals surface area (Å²) >= 11 is 0. The molecule has 20 heavy (non-hydrogen) atoms. The molecule has 4 N–H and O–H groups in total. The van der Waals surface area contributed by atoms with Crippen molar-refractivity contribution in [2.75, 3.05) is 20.0 Å². The molecule has 9 heteroatoms. The number of ether oxygens (including phenoxy) is 2. The van der Waals surface area contributed by atoms with Crippen molar-refractivity contribution in [3.63, 3.8) is 0 Å². The number of nitrogens with two attached hydrogens (primary N) is 2. The van der Waals surface area contributed by atoms with Crippen molar-refractivity contribution in [1.29, 1.82) is 0 Å². The number of nitrogen functional groups attached to an aromatic ring is 1. The number of methoxy groups -OCH3 is 2. The van der Waals surface area contributed by atoms with E-state index in [1.807, 2.05) is 0 Å². The van der Waals surface area contributed by atoms with Crippen LogP contribution in [0.3, 0.4) is 0 Å². The highest BCUT2D eigenvalue weighted by molar-refractivity contribution is 5.98. The van der Waals surface area contributed by atoms with Crippen LogP contribution < -0.4 is 20.9 Å². The number of amides is 1. The molecule has 106 valence electrons. The first-order valence-electron chi connectivity index (χ1n) is 5.60. The largest absolute Gasteiger partial charge is 0.481 e. The van der Waals surface area contributed by atoms with Gasteiger partial charge in [-0.3, -0.25) is 4.79 Å². The fourth-order valence-corrected chi connectivity index (χ4v) is 1.70. The molecular weight excluding hydrogens is 264 g/mol. The van der Waals surface area contributed by atoms with Crippen LogP contribution >= 0.6 is 0 Å². The molecule has 0 radical (unpaired) electrons. The summed E-state index contributed by atoms with van der Waals surface area (Å²) in [4.78, 5) is 19.5. The lowest BCUT2D eigenvalue weighted by Crippen LogP contribution is -2.15. The molecule has 0 unspecified atom stereocenters. The van der Waals surface area contributed by atoms with E-state index in [1.165, 1.54) is 25.0 Å². The summed E-state index contributed by atoms with van der Waals surface area (Å²) in [5, 5.41) is 4.11. The van der Waals surface area contributed by atoms with Crippen LogP contribution in [0, 0.1) is 6.92 Å². The third-order valence-corrected chi connectivity index (χ3v) is 2.62. The third kappa shape index (κ3) is 2.20. The number of hydrogen-bond acceptors (Lipinski definition) is 7. The summed E-state index contributed by atoms with van der Waals surface area (Å²) in [6, 6.07) is 1.51. The van der Waals surface area contributed by atoms with Gasteiger partial charge in [0.05, 0.1) is 26.0 Å². The first-order chi connectivity index (χ1) is 9.47. The van der Waals surface area contributed by atoms with Gasteiger partial charge in [-0.05, 0) is 6.92 Å². The van der Waals surface area contributed by atoms with Crippen molar-refractivity contribution in [3.8, 4) is 17.7 Å². The molecule has 0 aliphatic rings. The third-order valence-electron chi connectivity index (χ3n) is 2.62. The van der Waals surface area contributed by atoms with Gasteiger partial charge in [-0.15, -0.1) is 0 Å². The van der Waals surface area contributed by atoms with Crippen molar-refractivity contribution < 1.29 is 14.3 Å². The molecule has 1 amide bonds. The van der Waals surface area contributed by atoms with E-state index in [-0.39, 0.29) is 29.1 Å². The minimum atomic E-state index is -0.666. The van der Waals surface area contributed by atoms with Crippen LogP contribution in [0.25, 0.3) is 5.95 Å². The van der Waals surface area contributed by atoms with Crippen LogP contribution in [0.5, 0.6) is 11.8 Å². The summed E-state index contributed by atoms with van der Waals surface area (Å²) < 4.78 is 11.3. The first-order valence-corrected chi connectivity index (χ1v) is 5.60. The molecule has 0 atom stereocenters. The Labute approximate surface area is 114 Å². The molecule has 0 fully saturated rings. The van der Waals surface area contributed by atoms with E-state index in [0.29, 0.717) is 5.69 Å². The van der Waals surface area contributed by atoms with Crippen LogP contribution in [0.4, 0.5) is 5.82 Å². The van der Waals surface area contributed by atoms with Crippen molar-refractivity contribution >= 4 is 11.7 Å². The number of aromatic nitrogens is 4. The van der Waals surface area contributed by atoms with E-state index in [2.05, 4.69) is 15.1 Å². The van der Waals surface area contributed by atoms with Gasteiger partial charge in [0.2, 0.25) is 11.8 Å². The number of carbonyl (C=O) groups is 1. The Morgan fingerprint density at radius 3 is 2.20 bits per heavy atom. The highest BCUT2D eigenvalue weighted by Crippen LogP contribution is 2.22. The lowest BCUT2D eigenvalue weighted by atomic mass is 10.2. The van der Waals surface area contributed by atoms with Gasteiger partial charge in [0.1, 0.15) is 11.4 Å². The van der Waals surface area contributed by atoms with Crippen molar-refractivity contribution in [2.45, 2.75) is 6.92 Å². The molecule has 9 nitrogen and oxygen atoms in total. The molecule has 0 bridgehead atoms. The molecule has 2 heterocycles. The van der Waals surface area contributed by atoms with E-state index in [1.54, 1.807) is 6.92 Å². The lowest BCUT2D eigenvalue weighted by molar-refractivity contribution is 0.100. The molecule has 0 aliphatic carbocycles. The van der Waals surface area contributed by atoms with Crippen molar-refractivity contribution in [2.24, 2.45) is 5.73 Å². The molecule has 2 rings (SSSR count). The Hall–Kier alpha value is -2.84. The monoisotopic (exact) mass is 278 g/mol. The number of aryl methyl sites for hydroxylation is 1. The lowest BCUT2D eigenvalue weighted by Gasteiger charge is -2.07. The zero-order valence-electron chi connectivity index (χ0n) is 11.2. The van der Waals surface area contributed by atoms with Gasteiger partial charge in [-0.2, -0.15) is 19.7 Å². The molecule has 0 saturated carbocycles.